The Bertz CT molecular complexity index is 780. The number of amides is 2. The van der Waals surface area contributed by atoms with E-state index in [9.17, 15) is 9.59 Å². The molecule has 5 nitrogen and oxygen atoms in total. The highest BCUT2D eigenvalue weighted by atomic mass is 32.1. The number of piperazine rings is 1. The monoisotopic (exact) mass is 355 g/mol. The van der Waals surface area contributed by atoms with Crippen LogP contribution in [0, 0.1) is 0 Å². The van der Waals surface area contributed by atoms with Gasteiger partial charge in [0.25, 0.3) is 11.8 Å². The molecule has 0 saturated carbocycles. The molecule has 2 amide bonds. The molecule has 0 spiro atoms. The van der Waals surface area contributed by atoms with Crippen LogP contribution in [0.15, 0.2) is 35.0 Å². The fourth-order valence-corrected chi connectivity index (χ4v) is 4.19. The first kappa shape index (κ1) is 16.1. The van der Waals surface area contributed by atoms with E-state index in [1.165, 1.54) is 11.3 Å². The Morgan fingerprint density at radius 1 is 1.00 bits per heavy atom. The zero-order chi connectivity index (χ0) is 17.2. The lowest BCUT2D eigenvalue weighted by molar-refractivity contribution is 0.0535. The first-order valence-corrected chi connectivity index (χ1v) is 9.65. The molecule has 1 aromatic carbocycles. The van der Waals surface area contributed by atoms with E-state index in [1.807, 2.05) is 44.8 Å². The van der Waals surface area contributed by atoms with E-state index in [0.29, 0.717) is 26.2 Å². The number of fused-ring (bicyclic) bond motifs is 1. The molecule has 3 heterocycles. The number of thiophene rings is 1. The van der Waals surface area contributed by atoms with E-state index in [-0.39, 0.29) is 11.8 Å². The van der Waals surface area contributed by atoms with E-state index < -0.39 is 0 Å². The van der Waals surface area contributed by atoms with E-state index >= 15 is 0 Å². The zero-order valence-corrected chi connectivity index (χ0v) is 14.8. The van der Waals surface area contributed by atoms with Crippen LogP contribution in [0.2, 0.25) is 0 Å². The fraction of sp³-hybridized carbons (Fsp3) is 0.368. The molecule has 25 heavy (non-hydrogen) atoms. The number of nitrogens with one attached hydrogen (secondary N) is 1. The van der Waals surface area contributed by atoms with Gasteiger partial charge in [-0.3, -0.25) is 9.59 Å². The molecule has 6 heteroatoms. The molecule has 4 rings (SSSR count). The van der Waals surface area contributed by atoms with Crippen LogP contribution in [0.1, 0.15) is 32.7 Å². The fourth-order valence-electron chi connectivity index (χ4n) is 3.56. The molecule has 0 bridgehead atoms. The van der Waals surface area contributed by atoms with Crippen LogP contribution in [-0.4, -0.2) is 54.3 Å². The Labute approximate surface area is 151 Å². The lowest BCUT2D eigenvalue weighted by atomic mass is 9.96. The second kappa shape index (κ2) is 6.88. The van der Waals surface area contributed by atoms with Crippen LogP contribution in [-0.2, 0) is 6.42 Å². The molecule has 0 unspecified atom stereocenters. The minimum absolute atomic E-state index is 0.0645. The third kappa shape index (κ3) is 3.14. The average molecular weight is 355 g/mol. The van der Waals surface area contributed by atoms with Gasteiger partial charge in [-0.15, -0.1) is 0 Å². The summed E-state index contributed by atoms with van der Waals surface area (Å²) >= 11 is 1.53. The first-order chi connectivity index (χ1) is 12.2. The largest absolute Gasteiger partial charge is 0.385 e. The number of carbonyl (C=O) groups is 2. The smallest absolute Gasteiger partial charge is 0.254 e. The summed E-state index contributed by atoms with van der Waals surface area (Å²) in [6.45, 7) is 3.33. The molecular weight excluding hydrogens is 334 g/mol. The van der Waals surface area contributed by atoms with Gasteiger partial charge in [-0.2, -0.15) is 11.3 Å². The van der Waals surface area contributed by atoms with Gasteiger partial charge < -0.3 is 15.1 Å². The van der Waals surface area contributed by atoms with Gasteiger partial charge in [-0.05, 0) is 42.0 Å². The normalized spacial score (nSPS) is 17.0. The molecular formula is C19H21N3O2S. The maximum absolute atomic E-state index is 13.0. The van der Waals surface area contributed by atoms with Crippen molar-refractivity contribution in [2.24, 2.45) is 0 Å². The lowest BCUT2D eigenvalue weighted by Crippen LogP contribution is -2.50. The van der Waals surface area contributed by atoms with Gasteiger partial charge in [0.1, 0.15) is 0 Å². The molecule has 1 saturated heterocycles. The molecule has 2 aliphatic rings. The van der Waals surface area contributed by atoms with Crippen LogP contribution in [0.5, 0.6) is 0 Å². The van der Waals surface area contributed by atoms with Crippen molar-refractivity contribution in [1.29, 1.82) is 0 Å². The number of benzene rings is 1. The molecule has 2 aromatic rings. The Balaban J connectivity index is 1.44. The Kier molecular flexibility index (Phi) is 4.44. The molecule has 1 aromatic heterocycles. The minimum atomic E-state index is 0.0645. The molecule has 130 valence electrons. The molecule has 0 aliphatic carbocycles. The van der Waals surface area contributed by atoms with Crippen LogP contribution in [0.4, 0.5) is 5.69 Å². The summed E-state index contributed by atoms with van der Waals surface area (Å²) in [6, 6.07) is 7.77. The van der Waals surface area contributed by atoms with Crippen LogP contribution < -0.4 is 5.32 Å². The number of carbonyl (C=O) groups excluding carboxylic acids is 2. The van der Waals surface area contributed by atoms with Gasteiger partial charge in [0.15, 0.2) is 0 Å². The minimum Gasteiger partial charge on any atom is -0.385 e. The van der Waals surface area contributed by atoms with Crippen molar-refractivity contribution in [2.45, 2.75) is 12.8 Å². The quantitative estimate of drug-likeness (QED) is 0.901. The van der Waals surface area contributed by atoms with Crippen molar-refractivity contribution < 1.29 is 9.59 Å². The zero-order valence-electron chi connectivity index (χ0n) is 14.0. The van der Waals surface area contributed by atoms with Gasteiger partial charge in [0.05, 0.1) is 5.56 Å². The standard InChI is InChI=1S/C19H21N3O2S/c23-18(14-6-12-25-13-14)21-8-10-22(11-9-21)19(24)16-3-1-5-17-15(16)4-2-7-20-17/h1,3,5-6,12-13,20H,2,4,7-11H2. The summed E-state index contributed by atoms with van der Waals surface area (Å²) < 4.78 is 0. The number of rotatable bonds is 2. The molecule has 1 N–H and O–H groups in total. The second-order valence-corrected chi connectivity index (χ2v) is 7.24. The lowest BCUT2D eigenvalue weighted by Gasteiger charge is -2.35. The number of hydrogen-bond donors (Lipinski definition) is 1. The third-order valence-electron chi connectivity index (χ3n) is 4.95. The summed E-state index contributed by atoms with van der Waals surface area (Å²) in [5.41, 5.74) is 3.77. The van der Waals surface area contributed by atoms with Gasteiger partial charge in [0, 0.05) is 49.4 Å². The second-order valence-electron chi connectivity index (χ2n) is 6.46. The van der Waals surface area contributed by atoms with E-state index in [0.717, 1.165) is 41.8 Å². The van der Waals surface area contributed by atoms with Crippen molar-refractivity contribution in [2.75, 3.05) is 38.0 Å². The maximum Gasteiger partial charge on any atom is 0.254 e. The first-order valence-electron chi connectivity index (χ1n) is 8.70. The van der Waals surface area contributed by atoms with Crippen LogP contribution >= 0.6 is 11.3 Å². The van der Waals surface area contributed by atoms with Crippen LogP contribution in [0.3, 0.4) is 0 Å². The summed E-state index contributed by atoms with van der Waals surface area (Å²) in [6.07, 6.45) is 2.00. The van der Waals surface area contributed by atoms with E-state index in [2.05, 4.69) is 5.32 Å². The van der Waals surface area contributed by atoms with Crippen LogP contribution in [0.25, 0.3) is 0 Å². The van der Waals surface area contributed by atoms with E-state index in [4.69, 9.17) is 0 Å². The molecule has 0 atom stereocenters. The highest BCUT2D eigenvalue weighted by Crippen LogP contribution is 2.26. The SMILES string of the molecule is O=C(c1ccsc1)N1CCN(C(=O)c2cccc3c2CCCN3)CC1. The topological polar surface area (TPSA) is 52.7 Å². The molecule has 0 radical (unpaired) electrons. The van der Waals surface area contributed by atoms with Gasteiger partial charge in [-0.25, -0.2) is 0 Å². The van der Waals surface area contributed by atoms with Crippen molar-refractivity contribution in [3.05, 3.63) is 51.7 Å². The number of hydrogen-bond acceptors (Lipinski definition) is 4. The highest BCUT2D eigenvalue weighted by molar-refractivity contribution is 7.08. The summed E-state index contributed by atoms with van der Waals surface area (Å²) in [5, 5.41) is 7.17. The highest BCUT2D eigenvalue weighted by Gasteiger charge is 2.27. The molecule has 2 aliphatic heterocycles. The number of anilines is 1. The van der Waals surface area contributed by atoms with Crippen molar-refractivity contribution in [3.63, 3.8) is 0 Å². The number of nitrogens with zero attached hydrogens (tertiary/aromatic N) is 2. The average Bonchev–Trinajstić information content (AvgIpc) is 3.21. The molecule has 1 fully saturated rings. The summed E-state index contributed by atoms with van der Waals surface area (Å²) in [5.74, 6) is 0.151. The van der Waals surface area contributed by atoms with Gasteiger partial charge in [-0.1, -0.05) is 6.07 Å². The predicted octanol–water partition coefficient (Wildman–Crippen LogP) is 2.70. The Morgan fingerprint density at radius 3 is 2.48 bits per heavy atom. The Morgan fingerprint density at radius 2 is 1.76 bits per heavy atom. The van der Waals surface area contributed by atoms with Gasteiger partial charge in [0.2, 0.25) is 0 Å². The van der Waals surface area contributed by atoms with Gasteiger partial charge >= 0.3 is 0 Å². The summed E-state index contributed by atoms with van der Waals surface area (Å²) in [7, 11) is 0. The summed E-state index contributed by atoms with van der Waals surface area (Å²) in [4.78, 5) is 29.1. The Hall–Kier alpha value is -2.34. The van der Waals surface area contributed by atoms with Crippen molar-refractivity contribution in [3.8, 4) is 0 Å². The predicted molar refractivity (Wildman–Crippen MR) is 99.4 cm³/mol. The van der Waals surface area contributed by atoms with Crippen molar-refractivity contribution in [1.82, 2.24) is 9.80 Å². The maximum atomic E-state index is 13.0. The third-order valence-corrected chi connectivity index (χ3v) is 5.63. The van der Waals surface area contributed by atoms with Crippen molar-refractivity contribution >= 4 is 28.8 Å². The van der Waals surface area contributed by atoms with E-state index in [1.54, 1.807) is 0 Å².